The standard InChI is InChI=1S/C16H16FN3S/c17-15-4-3-12(8-14(15)16-2-1-7-21-16)9-18-6-5-13-10-19-11-20-13/h1-4,7-8,10-11,18H,5-6,9H2,(H,19,20). The molecular formula is C16H16FN3S. The van der Waals surface area contributed by atoms with Crippen molar-refractivity contribution in [3.8, 4) is 10.4 Å². The van der Waals surface area contributed by atoms with Crippen molar-refractivity contribution in [1.29, 1.82) is 0 Å². The summed E-state index contributed by atoms with van der Waals surface area (Å²) in [6.45, 7) is 1.58. The lowest BCUT2D eigenvalue weighted by molar-refractivity contribution is 0.628. The molecular weight excluding hydrogens is 285 g/mol. The van der Waals surface area contributed by atoms with Gasteiger partial charge in [0.05, 0.1) is 6.33 Å². The zero-order valence-electron chi connectivity index (χ0n) is 11.5. The number of benzene rings is 1. The number of aromatic amines is 1. The third-order valence-electron chi connectivity index (χ3n) is 3.27. The molecule has 5 heteroatoms. The van der Waals surface area contributed by atoms with Gasteiger partial charge in [0, 0.05) is 41.8 Å². The largest absolute Gasteiger partial charge is 0.348 e. The van der Waals surface area contributed by atoms with Crippen molar-refractivity contribution in [2.24, 2.45) is 0 Å². The number of halogens is 1. The van der Waals surface area contributed by atoms with Gasteiger partial charge in [0.25, 0.3) is 0 Å². The van der Waals surface area contributed by atoms with Gasteiger partial charge in [0.1, 0.15) is 5.82 Å². The van der Waals surface area contributed by atoms with Gasteiger partial charge in [0.15, 0.2) is 0 Å². The van der Waals surface area contributed by atoms with Gasteiger partial charge in [-0.05, 0) is 29.1 Å². The second kappa shape index (κ2) is 6.65. The van der Waals surface area contributed by atoms with E-state index in [1.807, 2.05) is 35.8 Å². The highest BCUT2D eigenvalue weighted by Crippen LogP contribution is 2.28. The number of H-pyrrole nitrogens is 1. The van der Waals surface area contributed by atoms with Crippen LogP contribution in [0.4, 0.5) is 4.39 Å². The Morgan fingerprint density at radius 2 is 2.24 bits per heavy atom. The van der Waals surface area contributed by atoms with Crippen LogP contribution in [0.15, 0.2) is 48.2 Å². The second-order valence-corrected chi connectivity index (χ2v) is 5.74. The lowest BCUT2D eigenvalue weighted by Crippen LogP contribution is -2.16. The first-order valence-corrected chi connectivity index (χ1v) is 7.71. The highest BCUT2D eigenvalue weighted by molar-refractivity contribution is 7.13. The second-order valence-electron chi connectivity index (χ2n) is 4.80. The maximum atomic E-state index is 13.9. The zero-order chi connectivity index (χ0) is 14.5. The van der Waals surface area contributed by atoms with Gasteiger partial charge in [-0.15, -0.1) is 11.3 Å². The summed E-state index contributed by atoms with van der Waals surface area (Å²) in [6.07, 6.45) is 4.41. The maximum Gasteiger partial charge on any atom is 0.131 e. The summed E-state index contributed by atoms with van der Waals surface area (Å²) in [5.74, 6) is -0.168. The first kappa shape index (κ1) is 14.0. The SMILES string of the molecule is Fc1ccc(CNCCc2cnc[nH]2)cc1-c1cccs1. The molecule has 0 fully saturated rings. The van der Waals surface area contributed by atoms with Crippen LogP contribution in [0.3, 0.4) is 0 Å². The molecule has 0 saturated heterocycles. The Bertz CT molecular complexity index is 678. The number of rotatable bonds is 6. The quantitative estimate of drug-likeness (QED) is 0.683. The molecule has 3 aromatic rings. The molecule has 3 rings (SSSR count). The number of nitrogens with one attached hydrogen (secondary N) is 2. The molecule has 0 bridgehead atoms. The number of nitrogens with zero attached hydrogens (tertiary/aromatic N) is 1. The molecule has 1 aromatic carbocycles. The summed E-state index contributed by atoms with van der Waals surface area (Å²) in [5, 5.41) is 5.33. The summed E-state index contributed by atoms with van der Waals surface area (Å²) in [5.41, 5.74) is 2.88. The smallest absolute Gasteiger partial charge is 0.131 e. The first-order valence-electron chi connectivity index (χ1n) is 6.83. The van der Waals surface area contributed by atoms with Crippen molar-refractivity contribution in [2.45, 2.75) is 13.0 Å². The van der Waals surface area contributed by atoms with Crippen molar-refractivity contribution in [3.05, 3.63) is 65.3 Å². The van der Waals surface area contributed by atoms with Crippen molar-refractivity contribution < 1.29 is 4.39 Å². The van der Waals surface area contributed by atoms with Crippen LogP contribution in [-0.4, -0.2) is 16.5 Å². The normalized spacial score (nSPS) is 10.9. The molecule has 0 amide bonds. The lowest BCUT2D eigenvalue weighted by atomic mass is 10.1. The van der Waals surface area contributed by atoms with Gasteiger partial charge in [-0.25, -0.2) is 9.37 Å². The molecule has 0 unspecified atom stereocenters. The number of hydrogen-bond acceptors (Lipinski definition) is 3. The Kier molecular flexibility index (Phi) is 4.43. The third kappa shape index (κ3) is 3.56. The Labute approximate surface area is 126 Å². The molecule has 3 nitrogen and oxygen atoms in total. The zero-order valence-corrected chi connectivity index (χ0v) is 12.3. The van der Waals surface area contributed by atoms with Gasteiger partial charge in [-0.3, -0.25) is 0 Å². The van der Waals surface area contributed by atoms with Crippen LogP contribution in [0.5, 0.6) is 0 Å². The fourth-order valence-corrected chi connectivity index (χ4v) is 2.92. The number of hydrogen-bond donors (Lipinski definition) is 2. The number of aromatic nitrogens is 2. The monoisotopic (exact) mass is 301 g/mol. The Morgan fingerprint density at radius 3 is 3.00 bits per heavy atom. The highest BCUT2D eigenvalue weighted by atomic mass is 32.1. The molecule has 0 spiro atoms. The van der Waals surface area contributed by atoms with Crippen LogP contribution in [-0.2, 0) is 13.0 Å². The van der Waals surface area contributed by atoms with E-state index in [-0.39, 0.29) is 5.82 Å². The van der Waals surface area contributed by atoms with Gasteiger partial charge in [0.2, 0.25) is 0 Å². The molecule has 0 saturated carbocycles. The van der Waals surface area contributed by atoms with E-state index in [1.54, 1.807) is 23.7 Å². The minimum Gasteiger partial charge on any atom is -0.348 e. The average Bonchev–Trinajstić information content (AvgIpc) is 3.18. The molecule has 21 heavy (non-hydrogen) atoms. The van der Waals surface area contributed by atoms with Crippen LogP contribution >= 0.6 is 11.3 Å². The molecule has 0 atom stereocenters. The minimum absolute atomic E-state index is 0.168. The summed E-state index contributed by atoms with van der Waals surface area (Å²) >= 11 is 1.55. The van der Waals surface area contributed by atoms with E-state index in [1.165, 1.54) is 0 Å². The minimum atomic E-state index is -0.168. The number of thiophene rings is 1. The van der Waals surface area contributed by atoms with Crippen LogP contribution in [0.1, 0.15) is 11.3 Å². The first-order chi connectivity index (χ1) is 10.3. The van der Waals surface area contributed by atoms with Gasteiger partial charge in [-0.2, -0.15) is 0 Å². The van der Waals surface area contributed by atoms with E-state index < -0.39 is 0 Å². The number of imidazole rings is 1. The third-order valence-corrected chi connectivity index (χ3v) is 4.18. The average molecular weight is 301 g/mol. The fourth-order valence-electron chi connectivity index (χ4n) is 2.18. The van der Waals surface area contributed by atoms with E-state index in [4.69, 9.17) is 0 Å². The molecule has 0 radical (unpaired) electrons. The Hall–Kier alpha value is -1.98. The lowest BCUT2D eigenvalue weighted by Gasteiger charge is -2.07. The van der Waals surface area contributed by atoms with Crippen LogP contribution in [0, 0.1) is 5.82 Å². The van der Waals surface area contributed by atoms with E-state index in [9.17, 15) is 4.39 Å². The van der Waals surface area contributed by atoms with Crippen LogP contribution < -0.4 is 5.32 Å². The van der Waals surface area contributed by atoms with Gasteiger partial charge >= 0.3 is 0 Å². The molecule has 0 aliphatic heterocycles. The van der Waals surface area contributed by atoms with E-state index in [2.05, 4.69) is 15.3 Å². The summed E-state index contributed by atoms with van der Waals surface area (Å²) in [6, 6.07) is 9.17. The van der Waals surface area contributed by atoms with E-state index >= 15 is 0 Å². The van der Waals surface area contributed by atoms with Crippen LogP contribution in [0.25, 0.3) is 10.4 Å². The summed E-state index contributed by atoms with van der Waals surface area (Å²) < 4.78 is 13.9. The Morgan fingerprint density at radius 1 is 1.29 bits per heavy atom. The van der Waals surface area contributed by atoms with Crippen molar-refractivity contribution >= 4 is 11.3 Å². The van der Waals surface area contributed by atoms with E-state index in [0.29, 0.717) is 5.56 Å². The molecule has 0 aliphatic carbocycles. The molecule has 2 heterocycles. The van der Waals surface area contributed by atoms with E-state index in [0.717, 1.165) is 35.6 Å². The van der Waals surface area contributed by atoms with Gasteiger partial charge < -0.3 is 10.3 Å². The topological polar surface area (TPSA) is 40.7 Å². The maximum absolute atomic E-state index is 13.9. The van der Waals surface area contributed by atoms with Crippen molar-refractivity contribution in [1.82, 2.24) is 15.3 Å². The van der Waals surface area contributed by atoms with Crippen LogP contribution in [0.2, 0.25) is 0 Å². The fraction of sp³-hybridized carbons (Fsp3) is 0.188. The summed E-state index contributed by atoms with van der Waals surface area (Å²) in [7, 11) is 0. The molecule has 2 N–H and O–H groups in total. The van der Waals surface area contributed by atoms with Crippen molar-refractivity contribution in [3.63, 3.8) is 0 Å². The predicted octanol–water partition coefficient (Wildman–Crippen LogP) is 3.61. The predicted molar refractivity (Wildman–Crippen MR) is 83.7 cm³/mol. The molecule has 2 aromatic heterocycles. The molecule has 108 valence electrons. The van der Waals surface area contributed by atoms with Gasteiger partial charge in [-0.1, -0.05) is 12.1 Å². The molecule has 0 aliphatic rings. The summed E-state index contributed by atoms with van der Waals surface area (Å²) in [4.78, 5) is 8.02. The Balaban J connectivity index is 1.60. The van der Waals surface area contributed by atoms with Crippen molar-refractivity contribution in [2.75, 3.05) is 6.54 Å². The highest BCUT2D eigenvalue weighted by Gasteiger charge is 2.07.